The Morgan fingerprint density at radius 3 is 3.04 bits per heavy atom. The average Bonchev–Trinajstić information content (AvgIpc) is 3.31. The first kappa shape index (κ1) is 17.3. The largest absolute Gasteiger partial charge is 0.376 e. The van der Waals surface area contributed by atoms with Crippen LogP contribution in [0.15, 0.2) is 35.4 Å². The van der Waals surface area contributed by atoms with Gasteiger partial charge in [0.2, 0.25) is 0 Å². The molecule has 1 saturated heterocycles. The predicted molar refractivity (Wildman–Crippen MR) is 96.3 cm³/mol. The highest BCUT2D eigenvalue weighted by Crippen LogP contribution is 2.16. The van der Waals surface area contributed by atoms with Crippen molar-refractivity contribution < 1.29 is 9.53 Å². The van der Waals surface area contributed by atoms with E-state index in [0.717, 1.165) is 18.5 Å². The quantitative estimate of drug-likeness (QED) is 0.719. The van der Waals surface area contributed by atoms with Gasteiger partial charge in [-0.1, -0.05) is 6.07 Å². The summed E-state index contributed by atoms with van der Waals surface area (Å²) in [5.41, 5.74) is 0.268. The number of carbonyl (C=O) groups is 1. The Hall–Kier alpha value is -3.07. The molecule has 1 aliphatic rings. The maximum absolute atomic E-state index is 13.2. The molecule has 3 aromatic rings. The summed E-state index contributed by atoms with van der Waals surface area (Å²) < 4.78 is 6.87. The zero-order valence-electron chi connectivity index (χ0n) is 15.0. The van der Waals surface area contributed by atoms with Crippen molar-refractivity contribution in [1.29, 1.82) is 0 Å². The smallest absolute Gasteiger partial charge is 0.286 e. The van der Waals surface area contributed by atoms with Crippen LogP contribution in [0.2, 0.25) is 0 Å². The van der Waals surface area contributed by atoms with Crippen LogP contribution >= 0.6 is 0 Å². The van der Waals surface area contributed by atoms with Gasteiger partial charge < -0.3 is 9.64 Å². The van der Waals surface area contributed by atoms with E-state index in [4.69, 9.17) is 4.74 Å². The van der Waals surface area contributed by atoms with Gasteiger partial charge in [-0.3, -0.25) is 19.7 Å². The molecule has 0 unspecified atom stereocenters. The number of aromatic amines is 1. The standard InChI is InChI=1S/C18H20N6O3/c1-12-21-18-20-9-15(17(26)24(18)22-12)16(25)23(11-14-6-4-8-27-14)10-13-5-2-3-7-19-13/h2-3,5,7,9,14H,4,6,8,10-11H2,1H3,(H,20,21,22)/t14-/m1/s1. The number of nitrogens with zero attached hydrogens (tertiary/aromatic N) is 5. The van der Waals surface area contributed by atoms with Gasteiger partial charge in [-0.15, -0.1) is 0 Å². The molecule has 0 aliphatic carbocycles. The van der Waals surface area contributed by atoms with Gasteiger partial charge >= 0.3 is 0 Å². The number of H-pyrrole nitrogens is 1. The third-order valence-corrected chi connectivity index (χ3v) is 4.53. The lowest BCUT2D eigenvalue weighted by atomic mass is 10.2. The molecule has 27 heavy (non-hydrogen) atoms. The Balaban J connectivity index is 1.66. The fourth-order valence-corrected chi connectivity index (χ4v) is 3.22. The summed E-state index contributed by atoms with van der Waals surface area (Å²) in [6.45, 7) is 3.11. The number of pyridine rings is 1. The maximum Gasteiger partial charge on any atom is 0.286 e. The maximum atomic E-state index is 13.2. The zero-order chi connectivity index (χ0) is 18.8. The number of amides is 1. The van der Waals surface area contributed by atoms with E-state index in [9.17, 15) is 9.59 Å². The Morgan fingerprint density at radius 2 is 2.30 bits per heavy atom. The minimum atomic E-state index is -0.469. The van der Waals surface area contributed by atoms with Crippen molar-refractivity contribution in [2.45, 2.75) is 32.4 Å². The van der Waals surface area contributed by atoms with Crippen LogP contribution in [-0.2, 0) is 11.3 Å². The lowest BCUT2D eigenvalue weighted by molar-refractivity contribution is 0.0502. The third kappa shape index (κ3) is 3.59. The van der Waals surface area contributed by atoms with Crippen molar-refractivity contribution in [2.24, 2.45) is 0 Å². The molecule has 9 nitrogen and oxygen atoms in total. The van der Waals surface area contributed by atoms with Crippen LogP contribution in [0.3, 0.4) is 0 Å². The fraction of sp³-hybridized carbons (Fsp3) is 0.389. The van der Waals surface area contributed by atoms with Gasteiger partial charge in [0, 0.05) is 25.5 Å². The first-order valence-electron chi connectivity index (χ1n) is 8.87. The lowest BCUT2D eigenvalue weighted by Gasteiger charge is -2.25. The minimum absolute atomic E-state index is 0.00919. The van der Waals surface area contributed by atoms with Gasteiger partial charge in [0.25, 0.3) is 17.2 Å². The van der Waals surface area contributed by atoms with E-state index in [2.05, 4.69) is 20.1 Å². The number of carbonyl (C=O) groups excluding carboxylic acids is 1. The third-order valence-electron chi connectivity index (χ3n) is 4.53. The second-order valence-corrected chi connectivity index (χ2v) is 6.56. The molecule has 1 aliphatic heterocycles. The van der Waals surface area contributed by atoms with Crippen molar-refractivity contribution in [3.63, 3.8) is 0 Å². The Bertz CT molecular complexity index is 1010. The number of fused-ring (bicyclic) bond motifs is 1. The molecule has 9 heteroatoms. The van der Waals surface area contributed by atoms with Crippen molar-refractivity contribution >= 4 is 11.7 Å². The summed E-state index contributed by atoms with van der Waals surface area (Å²) in [5, 5.41) is 2.81. The monoisotopic (exact) mass is 368 g/mol. The molecule has 0 aromatic carbocycles. The Morgan fingerprint density at radius 1 is 1.41 bits per heavy atom. The first-order chi connectivity index (χ1) is 13.1. The second kappa shape index (κ2) is 7.28. The van der Waals surface area contributed by atoms with E-state index in [1.165, 1.54) is 10.7 Å². The van der Waals surface area contributed by atoms with E-state index in [1.54, 1.807) is 18.0 Å². The molecule has 4 rings (SSSR count). The van der Waals surface area contributed by atoms with Crippen LogP contribution in [0.4, 0.5) is 0 Å². The van der Waals surface area contributed by atoms with Gasteiger partial charge in [-0.05, 0) is 31.9 Å². The van der Waals surface area contributed by atoms with E-state index < -0.39 is 11.5 Å². The van der Waals surface area contributed by atoms with E-state index in [0.29, 0.717) is 25.5 Å². The summed E-state index contributed by atoms with van der Waals surface area (Å²) in [6, 6.07) is 5.54. The molecule has 0 radical (unpaired) electrons. The number of nitrogens with one attached hydrogen (secondary N) is 1. The van der Waals surface area contributed by atoms with Crippen LogP contribution < -0.4 is 5.56 Å². The molecule has 1 amide bonds. The highest BCUT2D eigenvalue weighted by atomic mass is 16.5. The van der Waals surface area contributed by atoms with Crippen molar-refractivity contribution in [1.82, 2.24) is 29.5 Å². The van der Waals surface area contributed by atoms with Crippen LogP contribution in [0.5, 0.6) is 0 Å². The molecule has 0 bridgehead atoms. The highest BCUT2D eigenvalue weighted by Gasteiger charge is 2.26. The van der Waals surface area contributed by atoms with Crippen molar-refractivity contribution in [3.8, 4) is 0 Å². The van der Waals surface area contributed by atoms with Crippen molar-refractivity contribution in [2.75, 3.05) is 13.2 Å². The number of rotatable bonds is 5. The molecular weight excluding hydrogens is 348 g/mol. The molecule has 1 atom stereocenters. The zero-order valence-corrected chi connectivity index (χ0v) is 15.0. The molecule has 3 aromatic heterocycles. The number of aromatic nitrogens is 5. The molecule has 4 heterocycles. The highest BCUT2D eigenvalue weighted by molar-refractivity contribution is 5.93. The number of ether oxygens (including phenoxy) is 1. The normalized spacial score (nSPS) is 16.7. The molecule has 0 spiro atoms. The summed E-state index contributed by atoms with van der Waals surface area (Å²) in [6.07, 6.45) is 4.80. The first-order valence-corrected chi connectivity index (χ1v) is 8.87. The van der Waals surface area contributed by atoms with E-state index >= 15 is 0 Å². The van der Waals surface area contributed by atoms with Crippen LogP contribution in [0.1, 0.15) is 34.7 Å². The lowest BCUT2D eigenvalue weighted by Crippen LogP contribution is -2.40. The molecule has 1 fully saturated rings. The van der Waals surface area contributed by atoms with E-state index in [-0.39, 0.29) is 17.4 Å². The van der Waals surface area contributed by atoms with Crippen molar-refractivity contribution in [3.05, 3.63) is 58.0 Å². The predicted octanol–water partition coefficient (Wildman–Crippen LogP) is 0.942. The number of hydrogen-bond donors (Lipinski definition) is 1. The number of hydrogen-bond acceptors (Lipinski definition) is 6. The van der Waals surface area contributed by atoms with Gasteiger partial charge in [-0.2, -0.15) is 9.50 Å². The SMILES string of the molecule is Cc1nc2ncc(C(=O)N(Cc3ccccn3)C[C@H]3CCCO3)c(=O)n2[nH]1. The van der Waals surface area contributed by atoms with Gasteiger partial charge in [0.05, 0.1) is 18.3 Å². The molecule has 0 saturated carbocycles. The summed E-state index contributed by atoms with van der Waals surface area (Å²) in [4.78, 5) is 40.0. The van der Waals surface area contributed by atoms with E-state index in [1.807, 2.05) is 18.2 Å². The molecule has 140 valence electrons. The Kier molecular flexibility index (Phi) is 4.68. The van der Waals surface area contributed by atoms with Gasteiger partial charge in [0.1, 0.15) is 11.4 Å². The average molecular weight is 368 g/mol. The van der Waals surface area contributed by atoms with Gasteiger partial charge in [-0.25, -0.2) is 4.98 Å². The topological polar surface area (TPSA) is 105 Å². The fourth-order valence-electron chi connectivity index (χ4n) is 3.22. The summed E-state index contributed by atoms with van der Waals surface area (Å²) >= 11 is 0. The Labute approximate surface area is 155 Å². The number of aryl methyl sites for hydroxylation is 1. The summed E-state index contributed by atoms with van der Waals surface area (Å²) in [7, 11) is 0. The van der Waals surface area contributed by atoms with Crippen LogP contribution in [0, 0.1) is 6.92 Å². The second-order valence-electron chi connectivity index (χ2n) is 6.56. The van der Waals surface area contributed by atoms with Gasteiger partial charge in [0.15, 0.2) is 0 Å². The summed E-state index contributed by atoms with van der Waals surface area (Å²) in [5.74, 6) is 0.397. The van der Waals surface area contributed by atoms with Crippen LogP contribution in [0.25, 0.3) is 5.78 Å². The molecule has 1 N–H and O–H groups in total. The molecular formula is C18H20N6O3. The van der Waals surface area contributed by atoms with Crippen LogP contribution in [-0.4, -0.2) is 54.6 Å². The minimum Gasteiger partial charge on any atom is -0.376 e.